The second-order valence-electron chi connectivity index (χ2n) is 11.3. The van der Waals surface area contributed by atoms with Crippen LogP contribution >= 0.6 is 0 Å². The Morgan fingerprint density at radius 2 is 1.65 bits per heavy atom. The number of piperidine rings is 1. The summed E-state index contributed by atoms with van der Waals surface area (Å²) in [5, 5.41) is 23.5. The van der Waals surface area contributed by atoms with Crippen molar-refractivity contribution in [1.82, 2.24) is 15.1 Å². The molecule has 9 heteroatoms. The van der Waals surface area contributed by atoms with E-state index in [4.69, 9.17) is 9.47 Å². The maximum Gasteiger partial charge on any atom is 0.248 e. The number of nitrogens with one attached hydrogen (secondary N) is 1. The van der Waals surface area contributed by atoms with Crippen LogP contribution in [0.5, 0.6) is 17.2 Å². The number of amides is 2. The number of phenolic OH excluding ortho intramolecular Hbond substituents is 1. The molecule has 0 saturated carbocycles. The van der Waals surface area contributed by atoms with Crippen LogP contribution in [0.1, 0.15) is 51.0 Å². The van der Waals surface area contributed by atoms with Gasteiger partial charge in [0.05, 0.1) is 6.10 Å². The molecule has 9 nitrogen and oxygen atoms in total. The minimum Gasteiger partial charge on any atom is -0.508 e. The highest BCUT2D eigenvalue weighted by Crippen LogP contribution is 2.36. The number of hydrogen-bond donors (Lipinski definition) is 3. The van der Waals surface area contributed by atoms with Crippen LogP contribution in [0.15, 0.2) is 48.5 Å². The molecule has 0 aromatic heterocycles. The average Bonchev–Trinajstić information content (AvgIpc) is 2.98. The van der Waals surface area contributed by atoms with Crippen molar-refractivity contribution in [1.29, 1.82) is 0 Å². The van der Waals surface area contributed by atoms with Gasteiger partial charge in [0.2, 0.25) is 11.8 Å². The zero-order valence-electron chi connectivity index (χ0n) is 23.3. The molecule has 2 atom stereocenters. The van der Waals surface area contributed by atoms with Gasteiger partial charge in [0.25, 0.3) is 0 Å². The molecule has 5 rings (SSSR count). The number of ether oxygens (including phenoxy) is 2. The Morgan fingerprint density at radius 1 is 1.02 bits per heavy atom. The molecule has 3 aliphatic heterocycles. The third-order valence-electron chi connectivity index (χ3n) is 8.67. The normalized spacial score (nSPS) is 22.8. The summed E-state index contributed by atoms with van der Waals surface area (Å²) in [6.07, 6.45) is 3.37. The number of nitrogens with zero attached hydrogens (tertiary/aromatic N) is 2. The topological polar surface area (TPSA) is 112 Å². The Labute approximate surface area is 236 Å². The number of aromatic hydroxyl groups is 1. The summed E-state index contributed by atoms with van der Waals surface area (Å²) in [7, 11) is 0. The first-order valence-corrected chi connectivity index (χ1v) is 14.6. The fourth-order valence-electron chi connectivity index (χ4n) is 6.19. The van der Waals surface area contributed by atoms with E-state index in [1.54, 1.807) is 29.2 Å². The first-order valence-electron chi connectivity index (χ1n) is 14.6. The number of aliphatic hydroxyl groups excluding tert-OH is 1. The van der Waals surface area contributed by atoms with E-state index < -0.39 is 17.7 Å². The molecule has 0 aliphatic carbocycles. The molecule has 2 aromatic rings. The zero-order valence-corrected chi connectivity index (χ0v) is 23.3. The van der Waals surface area contributed by atoms with Gasteiger partial charge in [0.1, 0.15) is 28.8 Å². The van der Waals surface area contributed by atoms with Crippen LogP contribution in [-0.2, 0) is 20.9 Å². The molecular weight excluding hydrogens is 510 g/mol. The van der Waals surface area contributed by atoms with Gasteiger partial charge in [-0.25, -0.2) is 0 Å². The van der Waals surface area contributed by atoms with Crippen molar-refractivity contribution in [3.05, 3.63) is 54.1 Å². The van der Waals surface area contributed by atoms with Crippen molar-refractivity contribution in [3.8, 4) is 17.2 Å². The van der Waals surface area contributed by atoms with Crippen LogP contribution in [0, 0.1) is 5.92 Å². The van der Waals surface area contributed by atoms with Gasteiger partial charge < -0.3 is 29.9 Å². The lowest BCUT2D eigenvalue weighted by Crippen LogP contribution is -2.75. The molecule has 3 saturated heterocycles. The molecule has 3 fully saturated rings. The Balaban J connectivity index is 1.21. The molecule has 2 amide bonds. The lowest BCUT2D eigenvalue weighted by molar-refractivity contribution is -0.166. The van der Waals surface area contributed by atoms with E-state index in [1.807, 2.05) is 24.3 Å². The van der Waals surface area contributed by atoms with Crippen molar-refractivity contribution >= 4 is 11.8 Å². The molecule has 0 bridgehead atoms. The van der Waals surface area contributed by atoms with E-state index in [0.717, 1.165) is 24.9 Å². The van der Waals surface area contributed by atoms with Crippen LogP contribution in [-0.4, -0.2) is 82.4 Å². The Bertz CT molecular complexity index is 1140. The Kier molecular flexibility index (Phi) is 8.93. The molecule has 216 valence electrons. The molecule has 3 heterocycles. The maximum atomic E-state index is 13.8. The van der Waals surface area contributed by atoms with E-state index in [-0.39, 0.29) is 23.5 Å². The summed E-state index contributed by atoms with van der Waals surface area (Å²) in [6.45, 7) is 5.89. The molecule has 1 spiro atoms. The van der Waals surface area contributed by atoms with Crippen molar-refractivity contribution in [2.24, 2.45) is 5.92 Å². The van der Waals surface area contributed by atoms with Crippen LogP contribution in [0.2, 0.25) is 0 Å². The van der Waals surface area contributed by atoms with Crippen molar-refractivity contribution < 1.29 is 29.3 Å². The lowest BCUT2D eigenvalue weighted by atomic mass is 9.79. The van der Waals surface area contributed by atoms with E-state index in [0.29, 0.717) is 70.0 Å². The molecule has 2 aromatic carbocycles. The zero-order chi connectivity index (χ0) is 28.1. The summed E-state index contributed by atoms with van der Waals surface area (Å²) in [6, 6.07) is 13.6. The monoisotopic (exact) mass is 551 g/mol. The maximum absolute atomic E-state index is 13.8. The summed E-state index contributed by atoms with van der Waals surface area (Å²) >= 11 is 0. The number of rotatable bonds is 9. The predicted octanol–water partition coefficient (Wildman–Crippen LogP) is 3.43. The minimum absolute atomic E-state index is 0.0511. The first kappa shape index (κ1) is 28.4. The molecule has 3 N–H and O–H groups in total. The smallest absolute Gasteiger partial charge is 0.248 e. The number of piperazine rings is 1. The van der Waals surface area contributed by atoms with E-state index in [2.05, 4.69) is 17.1 Å². The second kappa shape index (κ2) is 12.6. The number of benzene rings is 2. The quantitative estimate of drug-likeness (QED) is 0.438. The highest BCUT2D eigenvalue weighted by Gasteiger charge is 2.55. The van der Waals surface area contributed by atoms with Crippen LogP contribution in [0.4, 0.5) is 0 Å². The largest absolute Gasteiger partial charge is 0.508 e. The second-order valence-corrected chi connectivity index (χ2v) is 11.3. The van der Waals surface area contributed by atoms with Crippen molar-refractivity contribution in [3.63, 3.8) is 0 Å². The molecular formula is C31H41N3O6. The van der Waals surface area contributed by atoms with Gasteiger partial charge in [0, 0.05) is 39.4 Å². The van der Waals surface area contributed by atoms with Gasteiger partial charge >= 0.3 is 0 Å². The number of aliphatic hydroxyl groups is 1. The molecule has 0 unspecified atom stereocenters. The highest BCUT2D eigenvalue weighted by molar-refractivity contribution is 6.00. The summed E-state index contributed by atoms with van der Waals surface area (Å²) in [4.78, 5) is 31.6. The third kappa shape index (κ3) is 6.11. The molecule has 3 aliphatic rings. The van der Waals surface area contributed by atoms with Gasteiger partial charge in [-0.2, -0.15) is 0 Å². The first-order chi connectivity index (χ1) is 19.4. The predicted molar refractivity (Wildman–Crippen MR) is 150 cm³/mol. The van der Waals surface area contributed by atoms with Gasteiger partial charge in [-0.3, -0.25) is 14.5 Å². The standard InChI is InChI=1S/C31H41N3O6/c1-2-3-16-34-29(37)27(28(36)23-12-19-39-20-13-23)32-30(38)31(34)14-17-33(18-15-31)21-22-4-8-25(9-5-22)40-26-10-6-24(35)7-11-26/h4-11,23,27-28,35-36H,2-3,12-21H2,1H3,(H,32,38)/t27-,28-/m1/s1. The number of likely N-dealkylation sites (tertiary alicyclic amines) is 1. The Morgan fingerprint density at radius 3 is 2.27 bits per heavy atom. The summed E-state index contributed by atoms with van der Waals surface area (Å²) in [5.74, 6) is 1.24. The van der Waals surface area contributed by atoms with Crippen LogP contribution < -0.4 is 10.1 Å². The van der Waals surface area contributed by atoms with Gasteiger partial charge in [0.15, 0.2) is 0 Å². The van der Waals surface area contributed by atoms with E-state index in [1.165, 1.54) is 0 Å². The van der Waals surface area contributed by atoms with Crippen LogP contribution in [0.3, 0.4) is 0 Å². The number of hydrogen-bond acceptors (Lipinski definition) is 7. The number of unbranched alkanes of at least 4 members (excludes halogenated alkanes) is 1. The lowest BCUT2D eigenvalue weighted by Gasteiger charge is -2.52. The van der Waals surface area contributed by atoms with Gasteiger partial charge in [-0.1, -0.05) is 25.5 Å². The number of carbonyl (C=O) groups is 2. The summed E-state index contributed by atoms with van der Waals surface area (Å²) < 4.78 is 11.3. The Hall–Kier alpha value is -3.14. The summed E-state index contributed by atoms with van der Waals surface area (Å²) in [5.41, 5.74) is 0.275. The van der Waals surface area contributed by atoms with Crippen LogP contribution in [0.25, 0.3) is 0 Å². The third-order valence-corrected chi connectivity index (χ3v) is 8.67. The van der Waals surface area contributed by atoms with Crippen molar-refractivity contribution in [2.45, 2.75) is 69.7 Å². The van der Waals surface area contributed by atoms with E-state index >= 15 is 0 Å². The molecule has 0 radical (unpaired) electrons. The number of carbonyl (C=O) groups excluding carboxylic acids is 2. The minimum atomic E-state index is -0.900. The fourth-order valence-corrected chi connectivity index (χ4v) is 6.19. The molecule has 40 heavy (non-hydrogen) atoms. The SMILES string of the molecule is CCCCN1C(=O)[C@@H]([C@H](O)C2CCOCC2)NC(=O)C12CCN(Cc1ccc(Oc3ccc(O)cc3)cc1)CC2. The van der Waals surface area contributed by atoms with E-state index in [9.17, 15) is 19.8 Å². The van der Waals surface area contributed by atoms with Crippen molar-refractivity contribution in [2.75, 3.05) is 32.8 Å². The highest BCUT2D eigenvalue weighted by atomic mass is 16.5. The van der Waals surface area contributed by atoms with Gasteiger partial charge in [-0.05, 0) is 80.0 Å². The van der Waals surface area contributed by atoms with Gasteiger partial charge in [-0.15, -0.1) is 0 Å². The average molecular weight is 552 g/mol. The number of phenols is 1. The fraction of sp³-hybridized carbons (Fsp3) is 0.548.